The van der Waals surface area contributed by atoms with Gasteiger partial charge in [-0.05, 0) is 24.8 Å². The van der Waals surface area contributed by atoms with E-state index >= 15 is 0 Å². The van der Waals surface area contributed by atoms with E-state index in [2.05, 4.69) is 13.2 Å². The first-order valence-electron chi connectivity index (χ1n) is 5.24. The highest BCUT2D eigenvalue weighted by Crippen LogP contribution is 1.97. The second-order valence-corrected chi connectivity index (χ2v) is 3.12. The molecule has 0 unspecified atom stereocenters. The smallest absolute Gasteiger partial charge is 0.0431 e. The Morgan fingerprint density at radius 1 is 1.07 bits per heavy atom. The van der Waals surface area contributed by atoms with Crippen molar-refractivity contribution in [3.05, 3.63) is 55.1 Å². The van der Waals surface area contributed by atoms with E-state index in [1.165, 1.54) is 5.56 Å². The third kappa shape index (κ3) is 8.98. The molecule has 0 saturated heterocycles. The molecule has 15 heavy (non-hydrogen) atoms. The van der Waals surface area contributed by atoms with Gasteiger partial charge in [0.25, 0.3) is 0 Å². The maximum Gasteiger partial charge on any atom is 0.0431 e. The summed E-state index contributed by atoms with van der Waals surface area (Å²) in [5, 5.41) is 8.26. The van der Waals surface area contributed by atoms with Crippen molar-refractivity contribution in [2.45, 2.75) is 19.3 Å². The number of benzene rings is 1. The van der Waals surface area contributed by atoms with Crippen LogP contribution >= 0.6 is 0 Å². The highest BCUT2D eigenvalue weighted by Gasteiger charge is 1.78. The summed E-state index contributed by atoms with van der Waals surface area (Å²) in [6, 6.07) is 10.0. The average molecular weight is 204 g/mol. The lowest BCUT2D eigenvalue weighted by atomic mass is 10.2. The summed E-state index contributed by atoms with van der Waals surface area (Å²) < 4.78 is 0. The van der Waals surface area contributed by atoms with Crippen molar-refractivity contribution in [1.82, 2.24) is 0 Å². The number of allylic oxidation sites excluding steroid dienone is 1. The molecule has 0 radical (unpaired) electrons. The quantitative estimate of drug-likeness (QED) is 0.573. The van der Waals surface area contributed by atoms with E-state index in [0.29, 0.717) is 6.61 Å². The van der Waals surface area contributed by atoms with Gasteiger partial charge in [-0.15, -0.1) is 6.58 Å². The molecule has 0 atom stereocenters. The van der Waals surface area contributed by atoms with E-state index < -0.39 is 0 Å². The van der Waals surface area contributed by atoms with Crippen molar-refractivity contribution in [1.29, 1.82) is 0 Å². The zero-order valence-corrected chi connectivity index (χ0v) is 9.23. The van der Waals surface area contributed by atoms with Crippen molar-refractivity contribution >= 4 is 6.08 Å². The van der Waals surface area contributed by atoms with Crippen LogP contribution in [0.4, 0.5) is 0 Å². The molecule has 0 aromatic heterocycles. The summed E-state index contributed by atoms with van der Waals surface area (Å²) in [5.41, 5.74) is 1.17. The van der Waals surface area contributed by atoms with Gasteiger partial charge in [-0.2, -0.15) is 0 Å². The normalized spacial score (nSPS) is 8.60. The van der Waals surface area contributed by atoms with E-state index in [9.17, 15) is 0 Å². The Morgan fingerprint density at radius 2 is 1.73 bits per heavy atom. The number of hydrogen-bond donors (Lipinski definition) is 1. The fourth-order valence-electron chi connectivity index (χ4n) is 0.990. The van der Waals surface area contributed by atoms with Gasteiger partial charge in [0.05, 0.1) is 0 Å². The second kappa shape index (κ2) is 10.7. The van der Waals surface area contributed by atoms with Gasteiger partial charge < -0.3 is 5.11 Å². The van der Waals surface area contributed by atoms with Gasteiger partial charge in [0.1, 0.15) is 0 Å². The molecular formula is C14H20O. The highest BCUT2D eigenvalue weighted by molar-refractivity contribution is 5.45. The Bertz CT molecular complexity index is 251. The SMILES string of the molecule is C=CCCCCO.C=Cc1ccccc1. The van der Waals surface area contributed by atoms with Crippen LogP contribution in [0.2, 0.25) is 0 Å². The predicted molar refractivity (Wildman–Crippen MR) is 67.7 cm³/mol. The van der Waals surface area contributed by atoms with Gasteiger partial charge in [0, 0.05) is 6.61 Å². The molecule has 1 rings (SSSR count). The van der Waals surface area contributed by atoms with Crippen LogP contribution in [-0.4, -0.2) is 11.7 Å². The van der Waals surface area contributed by atoms with Crippen molar-refractivity contribution in [2.75, 3.05) is 6.61 Å². The van der Waals surface area contributed by atoms with E-state index in [4.69, 9.17) is 5.11 Å². The first-order chi connectivity index (χ1) is 7.35. The largest absolute Gasteiger partial charge is 0.396 e. The molecule has 0 aliphatic carbocycles. The molecule has 1 aromatic rings. The third-order valence-electron chi connectivity index (χ3n) is 1.85. The Balaban J connectivity index is 0.000000265. The first kappa shape index (κ1) is 13.7. The molecule has 82 valence electrons. The lowest BCUT2D eigenvalue weighted by molar-refractivity contribution is 0.285. The van der Waals surface area contributed by atoms with E-state index in [-0.39, 0.29) is 0 Å². The van der Waals surface area contributed by atoms with Crippen molar-refractivity contribution in [3.63, 3.8) is 0 Å². The van der Waals surface area contributed by atoms with Crippen LogP contribution in [0.5, 0.6) is 0 Å². The molecule has 0 aliphatic heterocycles. The molecule has 1 heteroatoms. The Labute approximate surface area is 92.8 Å². The van der Waals surface area contributed by atoms with Gasteiger partial charge >= 0.3 is 0 Å². The third-order valence-corrected chi connectivity index (χ3v) is 1.85. The molecule has 0 spiro atoms. The predicted octanol–water partition coefficient (Wildman–Crippen LogP) is 3.66. The summed E-state index contributed by atoms with van der Waals surface area (Å²) in [5.74, 6) is 0. The number of rotatable bonds is 5. The number of unbranched alkanes of at least 4 members (excludes halogenated alkanes) is 2. The average Bonchev–Trinajstić information content (AvgIpc) is 2.32. The topological polar surface area (TPSA) is 20.2 Å². The van der Waals surface area contributed by atoms with Gasteiger partial charge in [0.2, 0.25) is 0 Å². The van der Waals surface area contributed by atoms with Gasteiger partial charge in [-0.1, -0.05) is 49.1 Å². The molecule has 0 aliphatic rings. The zero-order valence-electron chi connectivity index (χ0n) is 9.23. The van der Waals surface area contributed by atoms with Gasteiger partial charge in [-0.3, -0.25) is 0 Å². The molecule has 1 nitrogen and oxygen atoms in total. The summed E-state index contributed by atoms with van der Waals surface area (Å²) >= 11 is 0. The lowest BCUT2D eigenvalue weighted by Crippen LogP contribution is -1.79. The van der Waals surface area contributed by atoms with E-state index in [0.717, 1.165) is 19.3 Å². The fraction of sp³-hybridized carbons (Fsp3) is 0.286. The van der Waals surface area contributed by atoms with Crippen molar-refractivity contribution in [2.24, 2.45) is 0 Å². The molecule has 0 fully saturated rings. The van der Waals surface area contributed by atoms with Crippen molar-refractivity contribution < 1.29 is 5.11 Å². The van der Waals surface area contributed by atoms with Gasteiger partial charge in [0.15, 0.2) is 0 Å². The number of aliphatic hydroxyl groups excluding tert-OH is 1. The molecule has 0 amide bonds. The first-order valence-corrected chi connectivity index (χ1v) is 5.24. The van der Waals surface area contributed by atoms with Crippen LogP contribution in [0.3, 0.4) is 0 Å². The lowest BCUT2D eigenvalue weighted by Gasteiger charge is -1.87. The van der Waals surface area contributed by atoms with Crippen LogP contribution in [0.1, 0.15) is 24.8 Å². The van der Waals surface area contributed by atoms with Crippen LogP contribution in [0.25, 0.3) is 6.08 Å². The second-order valence-electron chi connectivity index (χ2n) is 3.12. The number of hydrogen-bond acceptors (Lipinski definition) is 1. The molecule has 0 saturated carbocycles. The molecule has 0 heterocycles. The molecule has 1 N–H and O–H groups in total. The summed E-state index contributed by atoms with van der Waals surface area (Å²) in [4.78, 5) is 0. The molecular weight excluding hydrogens is 184 g/mol. The molecule has 0 bridgehead atoms. The van der Waals surface area contributed by atoms with E-state index in [1.54, 1.807) is 0 Å². The molecule has 1 aromatic carbocycles. The zero-order chi connectivity index (χ0) is 11.4. The van der Waals surface area contributed by atoms with Crippen molar-refractivity contribution in [3.8, 4) is 0 Å². The summed E-state index contributed by atoms with van der Waals surface area (Å²) in [6.45, 7) is 7.50. The standard InChI is InChI=1S/C8H8.C6H12O/c1-2-8-6-4-3-5-7-8;1-2-3-4-5-6-7/h2-7H,1H2;2,7H,1,3-6H2. The summed E-state index contributed by atoms with van der Waals surface area (Å²) in [7, 11) is 0. The van der Waals surface area contributed by atoms with Crippen LogP contribution in [0, 0.1) is 0 Å². The fourth-order valence-corrected chi connectivity index (χ4v) is 0.990. The van der Waals surface area contributed by atoms with Crippen LogP contribution in [-0.2, 0) is 0 Å². The maximum absolute atomic E-state index is 8.26. The maximum atomic E-state index is 8.26. The Morgan fingerprint density at radius 3 is 2.13 bits per heavy atom. The highest BCUT2D eigenvalue weighted by atomic mass is 16.2. The van der Waals surface area contributed by atoms with Gasteiger partial charge in [-0.25, -0.2) is 0 Å². The number of aliphatic hydroxyl groups is 1. The minimum absolute atomic E-state index is 0.313. The monoisotopic (exact) mass is 204 g/mol. The van der Waals surface area contributed by atoms with Crippen LogP contribution in [0.15, 0.2) is 49.6 Å². The minimum Gasteiger partial charge on any atom is -0.396 e. The summed E-state index contributed by atoms with van der Waals surface area (Å²) in [6.07, 6.45) is 6.71. The Kier molecular flexibility index (Phi) is 9.78. The Hall–Kier alpha value is -1.34. The minimum atomic E-state index is 0.313. The van der Waals surface area contributed by atoms with Crippen LogP contribution < -0.4 is 0 Å². The van der Waals surface area contributed by atoms with E-state index in [1.807, 2.05) is 42.5 Å².